The van der Waals surface area contributed by atoms with Crippen LogP contribution in [0.4, 0.5) is 21.8 Å². The topological polar surface area (TPSA) is 49.8 Å². The average Bonchev–Trinajstić information content (AvgIpc) is 2.74. The van der Waals surface area contributed by atoms with Crippen molar-refractivity contribution in [2.75, 3.05) is 10.6 Å². The lowest BCUT2D eigenvalue weighted by atomic mass is 10.1. The average molecular weight is 372 g/mol. The van der Waals surface area contributed by atoms with Crippen molar-refractivity contribution in [3.63, 3.8) is 0 Å². The van der Waals surface area contributed by atoms with Crippen LogP contribution in [0.1, 0.15) is 18.1 Å². The number of hydrogen-bond donors (Lipinski definition) is 2. The lowest BCUT2D eigenvalue weighted by Crippen LogP contribution is -2.05. The molecule has 0 spiro atoms. The fraction of sp³-hybridized carbons (Fsp3) is 0.130. The molecule has 0 atom stereocenters. The van der Waals surface area contributed by atoms with Gasteiger partial charge in [-0.15, -0.1) is 0 Å². The van der Waals surface area contributed by atoms with Gasteiger partial charge in [-0.2, -0.15) is 4.98 Å². The number of anilines is 3. The monoisotopic (exact) mass is 372 g/mol. The Bertz CT molecular complexity index is 1080. The fourth-order valence-electron chi connectivity index (χ4n) is 3.01. The Morgan fingerprint density at radius 1 is 0.821 bits per heavy atom. The number of aromatic nitrogens is 2. The largest absolute Gasteiger partial charge is 0.365 e. The zero-order chi connectivity index (χ0) is 19.3. The second kappa shape index (κ2) is 8.05. The Morgan fingerprint density at radius 2 is 1.54 bits per heavy atom. The van der Waals surface area contributed by atoms with Gasteiger partial charge in [0, 0.05) is 17.6 Å². The third-order valence-electron chi connectivity index (χ3n) is 4.59. The van der Waals surface area contributed by atoms with Gasteiger partial charge in [0.05, 0.1) is 5.52 Å². The van der Waals surface area contributed by atoms with Crippen LogP contribution in [-0.2, 0) is 13.0 Å². The molecule has 0 radical (unpaired) electrons. The molecule has 0 amide bonds. The molecule has 0 aliphatic heterocycles. The van der Waals surface area contributed by atoms with Gasteiger partial charge in [-0.1, -0.05) is 43.3 Å². The van der Waals surface area contributed by atoms with E-state index in [0.29, 0.717) is 12.5 Å². The van der Waals surface area contributed by atoms with Crippen molar-refractivity contribution in [3.05, 3.63) is 89.7 Å². The van der Waals surface area contributed by atoms with E-state index in [9.17, 15) is 4.39 Å². The standard InChI is InChI=1S/C23H21FN4/c1-2-16-9-13-19(14-10-16)26-23-27-21-6-4-3-5-20(21)22(28-23)25-15-17-7-11-18(24)12-8-17/h3-14H,2,15H2,1H3,(H2,25,26,27,28). The van der Waals surface area contributed by atoms with Crippen LogP contribution in [0.25, 0.3) is 10.9 Å². The van der Waals surface area contributed by atoms with Gasteiger partial charge in [0.2, 0.25) is 5.95 Å². The van der Waals surface area contributed by atoms with Crippen LogP contribution in [0.15, 0.2) is 72.8 Å². The minimum Gasteiger partial charge on any atom is -0.365 e. The van der Waals surface area contributed by atoms with Crippen LogP contribution in [0.5, 0.6) is 0 Å². The molecule has 3 aromatic carbocycles. The number of nitrogens with zero attached hydrogens (tertiary/aromatic N) is 2. The minimum absolute atomic E-state index is 0.239. The first-order valence-corrected chi connectivity index (χ1v) is 9.32. The lowest BCUT2D eigenvalue weighted by Gasteiger charge is -2.12. The summed E-state index contributed by atoms with van der Waals surface area (Å²) in [5.74, 6) is 1.03. The molecule has 5 heteroatoms. The van der Waals surface area contributed by atoms with E-state index < -0.39 is 0 Å². The Kier molecular flexibility index (Phi) is 5.15. The van der Waals surface area contributed by atoms with Gasteiger partial charge in [-0.25, -0.2) is 9.37 Å². The Hall–Kier alpha value is -3.47. The third kappa shape index (κ3) is 4.09. The summed E-state index contributed by atoms with van der Waals surface area (Å²) in [4.78, 5) is 9.29. The zero-order valence-electron chi connectivity index (χ0n) is 15.6. The smallest absolute Gasteiger partial charge is 0.229 e. The number of nitrogens with one attached hydrogen (secondary N) is 2. The van der Waals surface area contributed by atoms with Gasteiger partial charge in [0.15, 0.2) is 0 Å². The fourth-order valence-corrected chi connectivity index (χ4v) is 3.01. The molecule has 4 rings (SSSR count). The van der Waals surface area contributed by atoms with Crippen molar-refractivity contribution in [1.82, 2.24) is 9.97 Å². The molecule has 0 aliphatic rings. The van der Waals surface area contributed by atoms with Crippen LogP contribution >= 0.6 is 0 Å². The predicted octanol–water partition coefficient (Wildman–Crippen LogP) is 5.69. The molecule has 1 heterocycles. The number of fused-ring (bicyclic) bond motifs is 1. The van der Waals surface area contributed by atoms with Crippen molar-refractivity contribution >= 4 is 28.4 Å². The van der Waals surface area contributed by atoms with Crippen molar-refractivity contribution in [2.24, 2.45) is 0 Å². The third-order valence-corrected chi connectivity index (χ3v) is 4.59. The van der Waals surface area contributed by atoms with E-state index >= 15 is 0 Å². The molecule has 0 saturated heterocycles. The summed E-state index contributed by atoms with van der Waals surface area (Å²) in [6, 6.07) is 22.6. The van der Waals surface area contributed by atoms with Gasteiger partial charge in [0.1, 0.15) is 11.6 Å². The number of halogens is 1. The molecule has 0 fully saturated rings. The van der Waals surface area contributed by atoms with E-state index in [0.717, 1.165) is 34.4 Å². The van der Waals surface area contributed by atoms with Crippen molar-refractivity contribution in [1.29, 1.82) is 0 Å². The minimum atomic E-state index is -0.239. The number of rotatable bonds is 6. The zero-order valence-corrected chi connectivity index (χ0v) is 15.6. The molecule has 0 aliphatic carbocycles. The van der Waals surface area contributed by atoms with Crippen molar-refractivity contribution in [2.45, 2.75) is 19.9 Å². The highest BCUT2D eigenvalue weighted by atomic mass is 19.1. The maximum absolute atomic E-state index is 13.1. The van der Waals surface area contributed by atoms with Gasteiger partial charge >= 0.3 is 0 Å². The molecule has 1 aromatic heterocycles. The SMILES string of the molecule is CCc1ccc(Nc2nc(NCc3ccc(F)cc3)c3ccccc3n2)cc1. The highest BCUT2D eigenvalue weighted by molar-refractivity contribution is 5.90. The van der Waals surface area contributed by atoms with Crippen LogP contribution in [0, 0.1) is 5.82 Å². The number of hydrogen-bond acceptors (Lipinski definition) is 4. The maximum Gasteiger partial charge on any atom is 0.229 e. The summed E-state index contributed by atoms with van der Waals surface area (Å²) in [6.45, 7) is 2.68. The molecule has 4 nitrogen and oxygen atoms in total. The summed E-state index contributed by atoms with van der Waals surface area (Å²) in [7, 11) is 0. The van der Waals surface area contributed by atoms with E-state index in [-0.39, 0.29) is 5.82 Å². The quantitative estimate of drug-likeness (QED) is 0.457. The molecule has 2 N–H and O–H groups in total. The Balaban J connectivity index is 1.61. The molecular weight excluding hydrogens is 351 g/mol. The van der Waals surface area contributed by atoms with Crippen LogP contribution < -0.4 is 10.6 Å². The van der Waals surface area contributed by atoms with Crippen molar-refractivity contribution < 1.29 is 4.39 Å². The molecule has 0 unspecified atom stereocenters. The van der Waals surface area contributed by atoms with Crippen LogP contribution in [0.3, 0.4) is 0 Å². The summed E-state index contributed by atoms with van der Waals surface area (Å²) >= 11 is 0. The number of benzene rings is 3. The van der Waals surface area contributed by atoms with Crippen LogP contribution in [0.2, 0.25) is 0 Å². The summed E-state index contributed by atoms with van der Waals surface area (Å²) < 4.78 is 13.1. The van der Waals surface area contributed by atoms with E-state index in [1.54, 1.807) is 12.1 Å². The molecule has 0 bridgehead atoms. The van der Waals surface area contributed by atoms with E-state index in [1.807, 2.05) is 36.4 Å². The lowest BCUT2D eigenvalue weighted by molar-refractivity contribution is 0.627. The first kappa shape index (κ1) is 17.9. The highest BCUT2D eigenvalue weighted by Crippen LogP contribution is 2.24. The highest BCUT2D eigenvalue weighted by Gasteiger charge is 2.08. The summed E-state index contributed by atoms with van der Waals surface area (Å²) in [5, 5.41) is 7.58. The van der Waals surface area contributed by atoms with Crippen molar-refractivity contribution in [3.8, 4) is 0 Å². The normalized spacial score (nSPS) is 10.8. The van der Waals surface area contributed by atoms with Gasteiger partial charge in [-0.05, 0) is 53.9 Å². The van der Waals surface area contributed by atoms with Crippen LogP contribution in [-0.4, -0.2) is 9.97 Å². The Labute approximate surface area is 163 Å². The molecule has 28 heavy (non-hydrogen) atoms. The maximum atomic E-state index is 13.1. The molecule has 0 saturated carbocycles. The molecule has 4 aromatic rings. The number of aryl methyl sites for hydroxylation is 1. The Morgan fingerprint density at radius 3 is 2.29 bits per heavy atom. The summed E-state index contributed by atoms with van der Waals surface area (Å²) in [6.07, 6.45) is 1.00. The van der Waals surface area contributed by atoms with E-state index in [4.69, 9.17) is 0 Å². The number of para-hydroxylation sites is 1. The molecular formula is C23H21FN4. The second-order valence-electron chi connectivity index (χ2n) is 6.57. The second-order valence-corrected chi connectivity index (χ2v) is 6.57. The first-order chi connectivity index (χ1) is 13.7. The van der Waals surface area contributed by atoms with Gasteiger partial charge in [-0.3, -0.25) is 0 Å². The predicted molar refractivity (Wildman–Crippen MR) is 112 cm³/mol. The molecule has 140 valence electrons. The van der Waals surface area contributed by atoms with Gasteiger partial charge < -0.3 is 10.6 Å². The first-order valence-electron chi connectivity index (χ1n) is 9.32. The van der Waals surface area contributed by atoms with Gasteiger partial charge in [0.25, 0.3) is 0 Å². The van der Waals surface area contributed by atoms with E-state index in [1.165, 1.54) is 17.7 Å². The van der Waals surface area contributed by atoms with E-state index in [2.05, 4.69) is 39.7 Å². The summed E-state index contributed by atoms with van der Waals surface area (Å²) in [5.41, 5.74) is 4.06.